The Bertz CT molecular complexity index is 1660. The second-order valence-electron chi connectivity index (χ2n) is 26.1. The van der Waals surface area contributed by atoms with Crippen LogP contribution in [0.5, 0.6) is 0 Å². The number of amides is 1. The molecule has 0 aromatic rings. The van der Waals surface area contributed by atoms with E-state index in [1.165, 1.54) is 244 Å². The van der Waals surface area contributed by atoms with Gasteiger partial charge in [0, 0.05) is 6.42 Å². The van der Waals surface area contributed by atoms with Crippen LogP contribution in [0.4, 0.5) is 0 Å². The van der Waals surface area contributed by atoms with E-state index < -0.39 is 86.8 Å². The SMILES string of the molecule is CCCCCCC/C=C\C/C=C\C/C=C\CCCCCCCCCCCCCCCCCCCCCCCCCCC(=O)NC(COC1OC(CO)C(OC2OC(CO)C(O)C(O)C2O)C(O)C1O)C(O)/C=C/CCCCCCCCCCCCCCC. The van der Waals surface area contributed by atoms with Crippen LogP contribution >= 0.6 is 0 Å². The van der Waals surface area contributed by atoms with E-state index in [4.69, 9.17) is 18.9 Å². The lowest BCUT2D eigenvalue weighted by Crippen LogP contribution is -2.65. The van der Waals surface area contributed by atoms with Crippen molar-refractivity contribution in [3.8, 4) is 0 Å². The van der Waals surface area contributed by atoms with E-state index >= 15 is 0 Å². The Morgan fingerprint density at radius 2 is 0.750 bits per heavy atom. The van der Waals surface area contributed by atoms with E-state index in [1.54, 1.807) is 6.08 Å². The minimum Gasteiger partial charge on any atom is -0.394 e. The molecule has 516 valence electrons. The van der Waals surface area contributed by atoms with E-state index in [0.29, 0.717) is 6.42 Å². The molecule has 2 aliphatic heterocycles. The van der Waals surface area contributed by atoms with Crippen LogP contribution in [0.3, 0.4) is 0 Å². The largest absolute Gasteiger partial charge is 0.394 e. The van der Waals surface area contributed by atoms with Gasteiger partial charge in [-0.05, 0) is 57.8 Å². The van der Waals surface area contributed by atoms with Gasteiger partial charge in [0.15, 0.2) is 12.6 Å². The van der Waals surface area contributed by atoms with Gasteiger partial charge in [-0.25, -0.2) is 0 Å². The maximum Gasteiger partial charge on any atom is 0.220 e. The van der Waals surface area contributed by atoms with Crippen molar-refractivity contribution in [2.75, 3.05) is 19.8 Å². The monoisotopic (exact) mass is 1250 g/mol. The summed E-state index contributed by atoms with van der Waals surface area (Å²) in [7, 11) is 0. The van der Waals surface area contributed by atoms with Gasteiger partial charge in [-0.15, -0.1) is 0 Å². The number of carbonyl (C=O) groups excluding carboxylic acids is 1. The minimum atomic E-state index is -1.79. The molecule has 2 saturated heterocycles. The lowest BCUT2D eigenvalue weighted by molar-refractivity contribution is -0.359. The van der Waals surface area contributed by atoms with Gasteiger partial charge in [0.25, 0.3) is 0 Å². The maximum atomic E-state index is 13.3. The summed E-state index contributed by atoms with van der Waals surface area (Å²) >= 11 is 0. The Morgan fingerprint density at radius 3 is 1.15 bits per heavy atom. The first-order valence-electron chi connectivity index (χ1n) is 36.9. The second-order valence-corrected chi connectivity index (χ2v) is 26.1. The third kappa shape index (κ3) is 42.2. The number of rotatable bonds is 61. The fourth-order valence-electron chi connectivity index (χ4n) is 12.1. The molecule has 0 bridgehead atoms. The van der Waals surface area contributed by atoms with Crippen LogP contribution in [-0.4, -0.2) is 140 Å². The van der Waals surface area contributed by atoms with Crippen molar-refractivity contribution in [1.29, 1.82) is 0 Å². The molecule has 2 aliphatic rings. The highest BCUT2D eigenvalue weighted by molar-refractivity contribution is 5.76. The van der Waals surface area contributed by atoms with Crippen molar-refractivity contribution in [3.05, 3.63) is 48.6 Å². The number of hydrogen-bond donors (Lipinski definition) is 9. The molecule has 9 N–H and O–H groups in total. The summed E-state index contributed by atoms with van der Waals surface area (Å²) in [4.78, 5) is 13.3. The van der Waals surface area contributed by atoms with E-state index in [2.05, 4.69) is 55.6 Å². The first-order chi connectivity index (χ1) is 43.1. The van der Waals surface area contributed by atoms with Gasteiger partial charge in [-0.2, -0.15) is 0 Å². The van der Waals surface area contributed by atoms with Crippen LogP contribution < -0.4 is 5.32 Å². The highest BCUT2D eigenvalue weighted by Gasteiger charge is 2.51. The van der Waals surface area contributed by atoms with Crippen LogP contribution in [0, 0.1) is 0 Å². The first kappa shape index (κ1) is 82.0. The zero-order valence-corrected chi connectivity index (χ0v) is 56.2. The highest BCUT2D eigenvalue weighted by Crippen LogP contribution is 2.30. The van der Waals surface area contributed by atoms with Gasteiger partial charge in [-0.1, -0.05) is 306 Å². The van der Waals surface area contributed by atoms with Crippen molar-refractivity contribution < 1.29 is 64.6 Å². The Balaban J connectivity index is 1.56. The van der Waals surface area contributed by atoms with Crippen molar-refractivity contribution in [3.63, 3.8) is 0 Å². The lowest BCUT2D eigenvalue weighted by atomic mass is 9.97. The number of aliphatic hydroxyl groups is 8. The van der Waals surface area contributed by atoms with E-state index in [0.717, 1.165) is 51.4 Å². The Hall–Kier alpha value is -2.05. The normalized spacial score (nSPS) is 23.4. The number of ether oxygens (including phenoxy) is 4. The highest BCUT2D eigenvalue weighted by atomic mass is 16.7. The second kappa shape index (κ2) is 58.7. The molecule has 2 fully saturated rings. The number of aliphatic hydroxyl groups excluding tert-OH is 8. The first-order valence-corrected chi connectivity index (χ1v) is 36.9. The van der Waals surface area contributed by atoms with Crippen molar-refractivity contribution >= 4 is 5.91 Å². The molecular formula is C74H137NO13. The fraction of sp³-hybridized carbons (Fsp3) is 0.878. The number of carbonyl (C=O) groups is 1. The van der Waals surface area contributed by atoms with Crippen LogP contribution in [0.1, 0.15) is 322 Å². The molecular weight excluding hydrogens is 1110 g/mol. The molecule has 12 unspecified atom stereocenters. The quantitative estimate of drug-likeness (QED) is 0.0204. The summed E-state index contributed by atoms with van der Waals surface area (Å²) in [5.41, 5.74) is 0. The van der Waals surface area contributed by atoms with Gasteiger partial charge in [0.05, 0.1) is 32.0 Å². The summed E-state index contributed by atoms with van der Waals surface area (Å²) in [6, 6.07) is -0.913. The summed E-state index contributed by atoms with van der Waals surface area (Å²) in [5.74, 6) is -0.234. The van der Waals surface area contributed by atoms with Crippen molar-refractivity contribution in [2.24, 2.45) is 0 Å². The predicted molar refractivity (Wildman–Crippen MR) is 360 cm³/mol. The topological polar surface area (TPSA) is 228 Å². The predicted octanol–water partition coefficient (Wildman–Crippen LogP) is 15.5. The smallest absolute Gasteiger partial charge is 0.220 e. The Labute approximate surface area is 537 Å². The molecule has 1 amide bonds. The molecule has 12 atom stereocenters. The summed E-state index contributed by atoms with van der Waals surface area (Å²) in [6.07, 6.45) is 60.5. The third-order valence-electron chi connectivity index (χ3n) is 18.0. The molecule has 14 nitrogen and oxygen atoms in total. The molecule has 0 aromatic carbocycles. The van der Waals surface area contributed by atoms with Gasteiger partial charge in [-0.3, -0.25) is 4.79 Å². The standard InChI is InChI=1S/C74H137NO13/c1-3-5-7-9-11-13-15-17-19-20-21-22-23-24-25-26-27-28-29-30-31-32-33-34-35-36-37-38-39-40-41-42-44-46-48-50-52-54-56-58-66(79)75-62(63(78)57-55-53-51-49-47-45-43-18-16-14-12-10-8-6-4-2)61-85-73-71(84)69(82)72(65(60-77)87-73)88-74-70(83)68(81)67(80)64(59-76)86-74/h15,17,20-21,23-24,55,57,62-65,67-74,76-78,80-84H,3-14,16,18-19,22,25-54,56,58-61H2,1-2H3,(H,75,79)/b17-15-,21-20-,24-23-,57-55+. The Morgan fingerprint density at radius 1 is 0.409 bits per heavy atom. The summed E-state index contributed by atoms with van der Waals surface area (Å²) in [5, 5.41) is 87.3. The average Bonchev–Trinajstić information content (AvgIpc) is 2.99. The molecule has 88 heavy (non-hydrogen) atoms. The molecule has 0 radical (unpaired) electrons. The summed E-state index contributed by atoms with van der Waals surface area (Å²) < 4.78 is 22.8. The molecule has 14 heteroatoms. The van der Waals surface area contributed by atoms with E-state index in [9.17, 15) is 45.6 Å². The molecule has 0 aromatic heterocycles. The van der Waals surface area contributed by atoms with Crippen LogP contribution in [0.2, 0.25) is 0 Å². The van der Waals surface area contributed by atoms with Crippen molar-refractivity contribution in [1.82, 2.24) is 5.32 Å². The molecule has 0 saturated carbocycles. The van der Waals surface area contributed by atoms with E-state index in [-0.39, 0.29) is 18.9 Å². The van der Waals surface area contributed by atoms with Crippen LogP contribution in [-0.2, 0) is 23.7 Å². The molecule has 0 aliphatic carbocycles. The van der Waals surface area contributed by atoms with Gasteiger partial charge >= 0.3 is 0 Å². The average molecular weight is 1250 g/mol. The van der Waals surface area contributed by atoms with Gasteiger partial charge in [0.1, 0.15) is 48.8 Å². The van der Waals surface area contributed by atoms with E-state index in [1.807, 2.05) is 6.08 Å². The van der Waals surface area contributed by atoms with Gasteiger partial charge in [0.2, 0.25) is 5.91 Å². The minimum absolute atomic E-state index is 0.234. The summed E-state index contributed by atoms with van der Waals surface area (Å²) in [6.45, 7) is 2.82. The number of nitrogens with one attached hydrogen (secondary N) is 1. The van der Waals surface area contributed by atoms with Crippen LogP contribution in [0.25, 0.3) is 0 Å². The number of hydrogen-bond acceptors (Lipinski definition) is 13. The molecule has 2 heterocycles. The third-order valence-corrected chi connectivity index (χ3v) is 18.0. The number of allylic oxidation sites excluding steroid dienone is 7. The maximum absolute atomic E-state index is 13.3. The van der Waals surface area contributed by atoms with Gasteiger partial charge < -0.3 is 65.1 Å². The Kier molecular flexibility index (Phi) is 54.8. The zero-order valence-electron chi connectivity index (χ0n) is 56.2. The lowest BCUT2D eigenvalue weighted by Gasteiger charge is -2.46. The van der Waals surface area contributed by atoms with Crippen LogP contribution in [0.15, 0.2) is 48.6 Å². The zero-order chi connectivity index (χ0) is 63.8. The fourth-order valence-corrected chi connectivity index (χ4v) is 12.1. The number of unbranched alkanes of at least 4 members (excludes halogenated alkanes) is 42. The van der Waals surface area contributed by atoms with Crippen molar-refractivity contribution in [2.45, 2.75) is 396 Å². The molecule has 2 rings (SSSR count). The molecule has 0 spiro atoms.